The van der Waals surface area contributed by atoms with Crippen molar-refractivity contribution in [2.45, 2.75) is 50.6 Å². The molecule has 2 heterocycles. The fraction of sp³-hybridized carbons (Fsp3) is 0.375. The Morgan fingerprint density at radius 2 is 1.78 bits per heavy atom. The first kappa shape index (κ1) is 20.7. The molecule has 1 amide bonds. The van der Waals surface area contributed by atoms with Gasteiger partial charge in [0.15, 0.2) is 11.5 Å². The lowest BCUT2D eigenvalue weighted by atomic mass is 9.92. The van der Waals surface area contributed by atoms with E-state index in [2.05, 4.69) is 10.3 Å². The molecule has 0 atom stereocenters. The number of nitrogens with one attached hydrogen (secondary N) is 2. The molecule has 0 unspecified atom stereocenters. The number of alkyl halides is 3. The van der Waals surface area contributed by atoms with Crippen molar-refractivity contribution in [3.8, 4) is 11.5 Å². The Labute approximate surface area is 184 Å². The van der Waals surface area contributed by atoms with Crippen LogP contribution in [0.1, 0.15) is 51.9 Å². The van der Waals surface area contributed by atoms with Crippen LogP contribution in [-0.4, -0.2) is 17.7 Å². The van der Waals surface area contributed by atoms with Crippen LogP contribution in [0.25, 0.3) is 10.9 Å². The number of halogens is 3. The molecule has 2 aliphatic rings. The highest BCUT2D eigenvalue weighted by Gasteiger charge is 2.52. The van der Waals surface area contributed by atoms with Crippen LogP contribution in [0.5, 0.6) is 11.5 Å². The van der Waals surface area contributed by atoms with Gasteiger partial charge in [-0.3, -0.25) is 4.79 Å². The number of hydrogen-bond acceptors (Lipinski definition) is 3. The lowest BCUT2D eigenvalue weighted by molar-refractivity contribution is -0.136. The van der Waals surface area contributed by atoms with Gasteiger partial charge in [-0.25, -0.2) is 0 Å². The number of anilines is 1. The van der Waals surface area contributed by atoms with Crippen LogP contribution in [0.15, 0.2) is 36.4 Å². The third-order valence-electron chi connectivity index (χ3n) is 6.21. The number of aromatic nitrogens is 1. The minimum atomic E-state index is -4.56. The molecule has 2 aromatic carbocycles. The summed E-state index contributed by atoms with van der Waals surface area (Å²) < 4.78 is 52.2. The van der Waals surface area contributed by atoms with Crippen molar-refractivity contribution in [2.24, 2.45) is 0 Å². The summed E-state index contributed by atoms with van der Waals surface area (Å²) in [5.74, 6) is 0.868. The van der Waals surface area contributed by atoms with Crippen LogP contribution in [0.2, 0.25) is 0 Å². The first-order chi connectivity index (χ1) is 15.0. The molecule has 8 heteroatoms. The average molecular weight is 446 g/mol. The van der Waals surface area contributed by atoms with E-state index in [1.807, 2.05) is 26.8 Å². The van der Waals surface area contributed by atoms with E-state index in [4.69, 9.17) is 9.47 Å². The minimum Gasteiger partial charge on any atom is -0.454 e. The van der Waals surface area contributed by atoms with Gasteiger partial charge in [0.1, 0.15) is 0 Å². The molecule has 1 aliphatic carbocycles. The lowest BCUT2D eigenvalue weighted by Gasteiger charge is -2.18. The van der Waals surface area contributed by atoms with Gasteiger partial charge in [0, 0.05) is 23.6 Å². The Morgan fingerprint density at radius 3 is 2.44 bits per heavy atom. The number of rotatable bonds is 3. The monoisotopic (exact) mass is 446 g/mol. The zero-order chi connectivity index (χ0) is 22.9. The Bertz CT molecular complexity index is 1240. The molecule has 5 nitrogen and oxygen atoms in total. The summed E-state index contributed by atoms with van der Waals surface area (Å²) in [7, 11) is 0. The van der Waals surface area contributed by atoms with Gasteiger partial charge in [-0.15, -0.1) is 0 Å². The van der Waals surface area contributed by atoms with Crippen LogP contribution in [0.4, 0.5) is 18.9 Å². The number of fused-ring (bicyclic) bond motifs is 2. The minimum absolute atomic E-state index is 0. The summed E-state index contributed by atoms with van der Waals surface area (Å²) in [6.07, 6.45) is -3.33. The van der Waals surface area contributed by atoms with Gasteiger partial charge in [-0.1, -0.05) is 26.8 Å². The number of benzene rings is 2. The fourth-order valence-corrected chi connectivity index (χ4v) is 4.16. The van der Waals surface area contributed by atoms with Crippen LogP contribution in [-0.2, 0) is 21.8 Å². The molecule has 3 aromatic rings. The zero-order valence-corrected chi connectivity index (χ0v) is 17.9. The fourth-order valence-electron chi connectivity index (χ4n) is 4.16. The largest absolute Gasteiger partial charge is 0.454 e. The maximum Gasteiger partial charge on any atom is 0.418 e. The standard InChI is InChI=1S/C24H23F3N2O3.H2/c1-22(2,3)19-9-13-8-15(11-16(20(13)29-19)24(25,26)27)28-21(30)23(6-7-23)14-4-5-17-18(10-14)32-12-31-17;/h4-5,8-11,29H,6-7,12H2,1-3H3,(H,28,30);1H. The SMILES string of the molecule is CC(C)(C)c1cc2cc(NC(=O)C3(c4ccc5c(c4)OCO5)CC3)cc(C(F)(F)F)c2[nH]1.[HH]. The predicted octanol–water partition coefficient (Wildman–Crippen LogP) is 6.13. The van der Waals surface area contributed by atoms with Crippen molar-refractivity contribution in [1.29, 1.82) is 0 Å². The first-order valence-corrected chi connectivity index (χ1v) is 10.4. The number of amides is 1. The van der Waals surface area contributed by atoms with Gasteiger partial charge in [0.05, 0.1) is 16.5 Å². The maximum atomic E-state index is 13.8. The summed E-state index contributed by atoms with van der Waals surface area (Å²) in [5.41, 5.74) is -0.299. The molecule has 1 aromatic heterocycles. The number of ether oxygens (including phenoxy) is 2. The molecule has 1 aliphatic heterocycles. The van der Waals surface area contributed by atoms with Crippen LogP contribution < -0.4 is 14.8 Å². The quantitative estimate of drug-likeness (QED) is 0.509. The van der Waals surface area contributed by atoms with Gasteiger partial charge in [-0.2, -0.15) is 13.2 Å². The number of hydrogen-bond donors (Lipinski definition) is 2. The third-order valence-corrected chi connectivity index (χ3v) is 6.21. The normalized spacial score (nSPS) is 16.9. The van der Waals surface area contributed by atoms with Gasteiger partial charge in [0.2, 0.25) is 12.7 Å². The summed E-state index contributed by atoms with van der Waals surface area (Å²) in [5, 5.41) is 3.15. The van der Waals surface area contributed by atoms with Gasteiger partial charge < -0.3 is 19.8 Å². The molecular weight excluding hydrogens is 421 g/mol. The molecule has 2 N–H and O–H groups in total. The summed E-state index contributed by atoms with van der Waals surface area (Å²) in [6, 6.07) is 9.65. The van der Waals surface area contributed by atoms with E-state index in [0.717, 1.165) is 11.6 Å². The molecule has 5 rings (SSSR count). The van der Waals surface area contributed by atoms with Crippen molar-refractivity contribution in [3.05, 3.63) is 53.2 Å². The average Bonchev–Trinajstić information content (AvgIpc) is 3.17. The van der Waals surface area contributed by atoms with Crippen molar-refractivity contribution in [2.75, 3.05) is 12.1 Å². The second-order valence-corrected chi connectivity index (χ2v) is 9.52. The zero-order valence-electron chi connectivity index (χ0n) is 17.9. The Balaban J connectivity index is 0.00000259. The molecular formula is C24H25F3N2O3. The van der Waals surface area contributed by atoms with E-state index < -0.39 is 17.2 Å². The van der Waals surface area contributed by atoms with Gasteiger partial charge >= 0.3 is 6.18 Å². The molecule has 1 fully saturated rings. The second kappa shape index (κ2) is 6.67. The van der Waals surface area contributed by atoms with Crippen molar-refractivity contribution >= 4 is 22.5 Å². The maximum absolute atomic E-state index is 13.8. The highest BCUT2D eigenvalue weighted by Crippen LogP contribution is 2.51. The number of aromatic amines is 1. The van der Waals surface area contributed by atoms with E-state index in [9.17, 15) is 18.0 Å². The summed E-state index contributed by atoms with van der Waals surface area (Å²) in [6.45, 7) is 5.91. The molecule has 0 spiro atoms. The number of H-pyrrole nitrogens is 1. The van der Waals surface area contributed by atoms with Crippen LogP contribution >= 0.6 is 0 Å². The third kappa shape index (κ3) is 3.38. The molecule has 32 heavy (non-hydrogen) atoms. The highest BCUT2D eigenvalue weighted by atomic mass is 19.4. The van der Waals surface area contributed by atoms with Crippen LogP contribution in [0.3, 0.4) is 0 Å². The second-order valence-electron chi connectivity index (χ2n) is 9.52. The summed E-state index contributed by atoms with van der Waals surface area (Å²) >= 11 is 0. The van der Waals surface area contributed by atoms with E-state index in [0.29, 0.717) is 35.4 Å². The van der Waals surface area contributed by atoms with E-state index in [-0.39, 0.29) is 30.7 Å². The molecule has 0 saturated heterocycles. The highest BCUT2D eigenvalue weighted by molar-refractivity contribution is 6.03. The lowest BCUT2D eigenvalue weighted by Crippen LogP contribution is -2.28. The van der Waals surface area contributed by atoms with E-state index in [1.165, 1.54) is 0 Å². The molecule has 1 saturated carbocycles. The molecule has 0 radical (unpaired) electrons. The first-order valence-electron chi connectivity index (χ1n) is 10.4. The number of carbonyl (C=O) groups is 1. The van der Waals surface area contributed by atoms with Gasteiger partial charge in [0.25, 0.3) is 0 Å². The Hall–Kier alpha value is -3.16. The van der Waals surface area contributed by atoms with E-state index in [1.54, 1.807) is 24.3 Å². The van der Waals surface area contributed by atoms with Gasteiger partial charge in [-0.05, 0) is 48.7 Å². The molecule has 0 bridgehead atoms. The smallest absolute Gasteiger partial charge is 0.418 e. The topological polar surface area (TPSA) is 63.4 Å². The summed E-state index contributed by atoms with van der Waals surface area (Å²) in [4.78, 5) is 16.1. The Morgan fingerprint density at radius 1 is 1.06 bits per heavy atom. The number of carbonyl (C=O) groups excluding carboxylic acids is 1. The molecule has 170 valence electrons. The van der Waals surface area contributed by atoms with Crippen molar-refractivity contribution in [1.82, 2.24) is 4.98 Å². The van der Waals surface area contributed by atoms with Crippen LogP contribution in [0, 0.1) is 0 Å². The van der Waals surface area contributed by atoms with E-state index >= 15 is 0 Å². The van der Waals surface area contributed by atoms with Crippen molar-refractivity contribution < 1.29 is 28.9 Å². The van der Waals surface area contributed by atoms with Crippen molar-refractivity contribution in [3.63, 3.8) is 0 Å². The predicted molar refractivity (Wildman–Crippen MR) is 116 cm³/mol. The Kier molecular flexibility index (Phi) is 4.32.